The summed E-state index contributed by atoms with van der Waals surface area (Å²) in [6, 6.07) is 22.9. The molecule has 0 aliphatic rings. The highest BCUT2D eigenvalue weighted by atomic mass is 16.5. The maximum atomic E-state index is 12.6. The van der Waals surface area contributed by atoms with Crippen LogP contribution in [0, 0.1) is 0 Å². The predicted molar refractivity (Wildman–Crippen MR) is 99.2 cm³/mol. The Labute approximate surface area is 152 Å². The smallest absolute Gasteiger partial charge is 0.174 e. The van der Waals surface area contributed by atoms with Gasteiger partial charge in [-0.25, -0.2) is 0 Å². The molecule has 0 heterocycles. The zero-order valence-electron chi connectivity index (χ0n) is 14.3. The van der Waals surface area contributed by atoms with Gasteiger partial charge in [0.05, 0.1) is 19.1 Å². The van der Waals surface area contributed by atoms with E-state index in [1.165, 1.54) is 0 Å². The number of hydrogen-bond donors (Lipinski definition) is 0. The lowest BCUT2D eigenvalue weighted by Crippen LogP contribution is -2.09. The molecule has 0 atom stereocenters. The van der Waals surface area contributed by atoms with Gasteiger partial charge in [-0.1, -0.05) is 30.3 Å². The van der Waals surface area contributed by atoms with E-state index in [2.05, 4.69) is 0 Å². The summed E-state index contributed by atoms with van der Waals surface area (Å²) in [5.74, 6) is 1.21. The number of methoxy groups -OCH3 is 1. The zero-order valence-corrected chi connectivity index (χ0v) is 14.3. The second kappa shape index (κ2) is 8.12. The second-order valence-corrected chi connectivity index (χ2v) is 5.66. The van der Waals surface area contributed by atoms with Crippen molar-refractivity contribution in [3.8, 4) is 17.2 Å². The van der Waals surface area contributed by atoms with Gasteiger partial charge in [-0.15, -0.1) is 0 Å². The average molecular weight is 346 g/mol. The van der Waals surface area contributed by atoms with Crippen molar-refractivity contribution in [2.24, 2.45) is 0 Å². The average Bonchev–Trinajstić information content (AvgIpc) is 2.69. The quantitative estimate of drug-likeness (QED) is 0.449. The molecule has 0 amide bonds. The van der Waals surface area contributed by atoms with Gasteiger partial charge in [0.1, 0.15) is 17.2 Å². The maximum Gasteiger partial charge on any atom is 0.174 e. The highest BCUT2D eigenvalue weighted by molar-refractivity contribution is 6.14. The number of ether oxygens (including phenoxy) is 2. The van der Waals surface area contributed by atoms with Gasteiger partial charge < -0.3 is 9.47 Å². The molecule has 0 aromatic heterocycles. The van der Waals surface area contributed by atoms with Crippen LogP contribution in [0.5, 0.6) is 17.2 Å². The third-order valence-corrected chi connectivity index (χ3v) is 3.89. The number of carbonyl (C=O) groups excluding carboxylic acids is 2. The molecule has 0 N–H and O–H groups in total. The van der Waals surface area contributed by atoms with E-state index in [9.17, 15) is 9.59 Å². The minimum atomic E-state index is -0.280. The summed E-state index contributed by atoms with van der Waals surface area (Å²) in [4.78, 5) is 25.0. The highest BCUT2D eigenvalue weighted by Gasteiger charge is 2.17. The molecule has 4 nitrogen and oxygen atoms in total. The molecule has 26 heavy (non-hydrogen) atoms. The van der Waals surface area contributed by atoms with Gasteiger partial charge >= 0.3 is 0 Å². The SMILES string of the molecule is COc1ccc(C(=O)CC(=O)c2ccccc2Oc2ccccc2)cc1. The van der Waals surface area contributed by atoms with Crippen molar-refractivity contribution in [1.82, 2.24) is 0 Å². The molecular formula is C22H18O4. The lowest BCUT2D eigenvalue weighted by atomic mass is 10.0. The molecule has 3 aromatic carbocycles. The van der Waals surface area contributed by atoms with Crippen molar-refractivity contribution in [2.45, 2.75) is 6.42 Å². The first-order valence-electron chi connectivity index (χ1n) is 8.20. The van der Waals surface area contributed by atoms with Gasteiger partial charge in [0, 0.05) is 5.56 Å². The molecule has 0 spiro atoms. The van der Waals surface area contributed by atoms with Crippen molar-refractivity contribution in [3.63, 3.8) is 0 Å². The minimum absolute atomic E-state index is 0.221. The van der Waals surface area contributed by atoms with Gasteiger partial charge in [-0.3, -0.25) is 9.59 Å². The Balaban J connectivity index is 1.76. The van der Waals surface area contributed by atoms with E-state index in [1.807, 2.05) is 30.3 Å². The van der Waals surface area contributed by atoms with Crippen molar-refractivity contribution in [2.75, 3.05) is 7.11 Å². The normalized spacial score (nSPS) is 10.2. The Morgan fingerprint density at radius 1 is 0.731 bits per heavy atom. The van der Waals surface area contributed by atoms with E-state index in [0.717, 1.165) is 0 Å². The number of Topliss-reactive ketones (excluding diaryl/α,β-unsaturated/α-hetero) is 2. The third kappa shape index (κ3) is 4.16. The fourth-order valence-electron chi connectivity index (χ4n) is 2.52. The van der Waals surface area contributed by atoms with Crippen molar-refractivity contribution >= 4 is 11.6 Å². The number of carbonyl (C=O) groups is 2. The van der Waals surface area contributed by atoms with Crippen LogP contribution in [0.1, 0.15) is 27.1 Å². The van der Waals surface area contributed by atoms with E-state index in [-0.39, 0.29) is 18.0 Å². The summed E-state index contributed by atoms with van der Waals surface area (Å²) in [6.45, 7) is 0. The van der Waals surface area contributed by atoms with Crippen molar-refractivity contribution in [3.05, 3.63) is 90.0 Å². The molecule has 4 heteroatoms. The lowest BCUT2D eigenvalue weighted by Gasteiger charge is -2.10. The van der Waals surface area contributed by atoms with Crippen LogP contribution in [-0.4, -0.2) is 18.7 Å². The summed E-state index contributed by atoms with van der Waals surface area (Å²) >= 11 is 0. The Kier molecular flexibility index (Phi) is 5.44. The van der Waals surface area contributed by atoms with E-state index >= 15 is 0 Å². The molecule has 0 saturated carbocycles. The first kappa shape index (κ1) is 17.4. The third-order valence-electron chi connectivity index (χ3n) is 3.89. The van der Waals surface area contributed by atoms with Crippen LogP contribution in [-0.2, 0) is 0 Å². The number of rotatable bonds is 7. The molecule has 0 radical (unpaired) electrons. The largest absolute Gasteiger partial charge is 0.497 e. The summed E-state index contributed by atoms with van der Waals surface area (Å²) in [6.07, 6.45) is -0.221. The minimum Gasteiger partial charge on any atom is -0.497 e. The topological polar surface area (TPSA) is 52.6 Å². The summed E-state index contributed by atoms with van der Waals surface area (Å²) in [7, 11) is 1.56. The molecule has 3 rings (SSSR count). The van der Waals surface area contributed by atoms with Crippen LogP contribution < -0.4 is 9.47 Å². The molecule has 0 bridgehead atoms. The van der Waals surface area contributed by atoms with Gasteiger partial charge in [0.25, 0.3) is 0 Å². The van der Waals surface area contributed by atoms with E-state index < -0.39 is 0 Å². The van der Waals surface area contributed by atoms with Crippen molar-refractivity contribution in [1.29, 1.82) is 0 Å². The number of benzene rings is 3. The van der Waals surface area contributed by atoms with Gasteiger partial charge in [0.15, 0.2) is 11.6 Å². The maximum absolute atomic E-state index is 12.6. The standard InChI is InChI=1S/C22H18O4/c1-25-17-13-11-16(12-14-17)20(23)15-21(24)19-9-5-6-10-22(19)26-18-7-3-2-4-8-18/h2-14H,15H2,1H3. The monoisotopic (exact) mass is 346 g/mol. The first-order chi connectivity index (χ1) is 12.7. The molecule has 0 fully saturated rings. The second-order valence-electron chi connectivity index (χ2n) is 5.66. The summed E-state index contributed by atoms with van der Waals surface area (Å²) < 4.78 is 10.9. The zero-order chi connectivity index (χ0) is 18.4. The summed E-state index contributed by atoms with van der Waals surface area (Å²) in [5, 5.41) is 0. The summed E-state index contributed by atoms with van der Waals surface area (Å²) in [5.41, 5.74) is 0.860. The number of ketones is 2. The fraction of sp³-hybridized carbons (Fsp3) is 0.0909. The molecule has 3 aromatic rings. The Hall–Kier alpha value is -3.40. The lowest BCUT2D eigenvalue weighted by molar-refractivity contribution is 0.0893. The first-order valence-corrected chi connectivity index (χ1v) is 8.20. The van der Waals surface area contributed by atoms with Crippen LogP contribution in [0.25, 0.3) is 0 Å². The molecule has 0 aliphatic heterocycles. The molecule has 130 valence electrons. The van der Waals surface area contributed by atoms with E-state index in [1.54, 1.807) is 55.6 Å². The Bertz CT molecular complexity index is 899. The number of para-hydroxylation sites is 2. The highest BCUT2D eigenvalue weighted by Crippen LogP contribution is 2.26. The molecule has 0 saturated heterocycles. The van der Waals surface area contributed by atoms with Crippen LogP contribution in [0.15, 0.2) is 78.9 Å². The predicted octanol–water partition coefficient (Wildman–Crippen LogP) is 4.94. The Morgan fingerprint density at radius 2 is 1.38 bits per heavy atom. The fourth-order valence-corrected chi connectivity index (χ4v) is 2.52. The van der Waals surface area contributed by atoms with Crippen molar-refractivity contribution < 1.29 is 19.1 Å². The van der Waals surface area contributed by atoms with Gasteiger partial charge in [-0.2, -0.15) is 0 Å². The molecular weight excluding hydrogens is 328 g/mol. The van der Waals surface area contributed by atoms with E-state index in [0.29, 0.717) is 28.4 Å². The number of hydrogen-bond acceptors (Lipinski definition) is 4. The molecule has 0 aliphatic carbocycles. The van der Waals surface area contributed by atoms with Gasteiger partial charge in [0.2, 0.25) is 0 Å². The van der Waals surface area contributed by atoms with Gasteiger partial charge in [-0.05, 0) is 48.5 Å². The molecule has 0 unspecified atom stereocenters. The van der Waals surface area contributed by atoms with Crippen LogP contribution in [0.3, 0.4) is 0 Å². The Morgan fingerprint density at radius 3 is 2.08 bits per heavy atom. The van der Waals surface area contributed by atoms with Crippen LogP contribution >= 0.6 is 0 Å². The van der Waals surface area contributed by atoms with Crippen LogP contribution in [0.2, 0.25) is 0 Å². The van der Waals surface area contributed by atoms with E-state index in [4.69, 9.17) is 9.47 Å². The van der Waals surface area contributed by atoms with Crippen LogP contribution in [0.4, 0.5) is 0 Å².